The summed E-state index contributed by atoms with van der Waals surface area (Å²) in [5, 5.41) is 0.478. The molecular formula is C26H23BrN2O3. The Bertz CT molecular complexity index is 1440. The van der Waals surface area contributed by atoms with E-state index in [0.717, 1.165) is 21.2 Å². The minimum Gasteiger partial charge on any atom is -0.294 e. The van der Waals surface area contributed by atoms with Gasteiger partial charge in [0.15, 0.2) is 5.78 Å². The summed E-state index contributed by atoms with van der Waals surface area (Å²) in [6.07, 6.45) is 0.445. The minimum atomic E-state index is -0.393. The van der Waals surface area contributed by atoms with Crippen molar-refractivity contribution < 1.29 is 4.79 Å². The summed E-state index contributed by atoms with van der Waals surface area (Å²) < 4.78 is 3.79. The number of benzene rings is 3. The van der Waals surface area contributed by atoms with Crippen LogP contribution in [0.5, 0.6) is 0 Å². The van der Waals surface area contributed by atoms with Gasteiger partial charge in [-0.1, -0.05) is 59.3 Å². The molecule has 0 unspecified atom stereocenters. The molecule has 0 amide bonds. The normalized spacial score (nSPS) is 11.1. The molecule has 3 aromatic carbocycles. The number of aryl methyl sites for hydroxylation is 2. The molecule has 4 aromatic rings. The second-order valence-corrected chi connectivity index (χ2v) is 8.80. The van der Waals surface area contributed by atoms with Crippen LogP contribution in [0.2, 0.25) is 0 Å². The molecule has 0 aliphatic carbocycles. The van der Waals surface area contributed by atoms with Crippen molar-refractivity contribution in [3.8, 4) is 5.69 Å². The molecule has 0 bridgehead atoms. The molecule has 5 nitrogen and oxygen atoms in total. The van der Waals surface area contributed by atoms with E-state index in [-0.39, 0.29) is 17.9 Å². The van der Waals surface area contributed by atoms with Crippen molar-refractivity contribution in [2.75, 3.05) is 0 Å². The van der Waals surface area contributed by atoms with Crippen LogP contribution in [0.15, 0.2) is 74.7 Å². The zero-order chi connectivity index (χ0) is 23.0. The highest BCUT2D eigenvalue weighted by Crippen LogP contribution is 2.23. The van der Waals surface area contributed by atoms with Crippen LogP contribution in [-0.4, -0.2) is 14.9 Å². The van der Waals surface area contributed by atoms with Crippen LogP contribution >= 0.6 is 15.9 Å². The van der Waals surface area contributed by atoms with Gasteiger partial charge >= 0.3 is 5.69 Å². The quantitative estimate of drug-likeness (QED) is 0.362. The van der Waals surface area contributed by atoms with Gasteiger partial charge in [-0.2, -0.15) is 0 Å². The van der Waals surface area contributed by atoms with Gasteiger partial charge in [-0.25, -0.2) is 9.36 Å². The first-order valence-corrected chi connectivity index (χ1v) is 11.2. The van der Waals surface area contributed by atoms with E-state index in [1.165, 1.54) is 4.57 Å². The number of carbonyl (C=O) groups is 1. The van der Waals surface area contributed by atoms with E-state index in [9.17, 15) is 14.4 Å². The minimum absolute atomic E-state index is 0.0777. The highest BCUT2D eigenvalue weighted by molar-refractivity contribution is 9.10. The molecule has 0 saturated carbocycles. The van der Waals surface area contributed by atoms with Crippen LogP contribution in [0.1, 0.15) is 40.4 Å². The number of aromatic nitrogens is 2. The van der Waals surface area contributed by atoms with E-state index in [0.29, 0.717) is 28.6 Å². The molecule has 0 fully saturated rings. The van der Waals surface area contributed by atoms with E-state index < -0.39 is 5.69 Å². The number of carbonyl (C=O) groups excluding carboxylic acids is 1. The molecule has 0 saturated heterocycles. The maximum Gasteiger partial charge on any atom is 0.336 e. The molecule has 0 N–H and O–H groups in total. The van der Waals surface area contributed by atoms with Crippen LogP contribution in [0.25, 0.3) is 16.6 Å². The Kier molecular flexibility index (Phi) is 5.98. The van der Waals surface area contributed by atoms with Gasteiger partial charge in [-0.05, 0) is 54.8 Å². The Morgan fingerprint density at radius 3 is 2.19 bits per heavy atom. The van der Waals surface area contributed by atoms with Crippen LogP contribution in [0.3, 0.4) is 0 Å². The van der Waals surface area contributed by atoms with E-state index in [1.807, 2.05) is 51.1 Å². The van der Waals surface area contributed by atoms with Crippen molar-refractivity contribution in [2.45, 2.75) is 33.7 Å². The Hall–Kier alpha value is -3.25. The average molecular weight is 491 g/mol. The van der Waals surface area contributed by atoms with Gasteiger partial charge in [-0.3, -0.25) is 14.2 Å². The molecule has 0 atom stereocenters. The summed E-state index contributed by atoms with van der Waals surface area (Å²) >= 11 is 3.48. The van der Waals surface area contributed by atoms with E-state index >= 15 is 0 Å². The zero-order valence-electron chi connectivity index (χ0n) is 18.2. The average Bonchev–Trinajstić information content (AvgIpc) is 2.78. The number of fused-ring (bicyclic) bond motifs is 1. The van der Waals surface area contributed by atoms with Crippen molar-refractivity contribution in [3.05, 3.63) is 108 Å². The maximum absolute atomic E-state index is 13.7. The SMILES string of the molecule is CCC(=O)c1ccc(Cn2c(=O)n(-c3c(C)cc(Br)cc3C)c(=O)c3ccccc32)cc1. The lowest BCUT2D eigenvalue weighted by Gasteiger charge is -2.17. The summed E-state index contributed by atoms with van der Waals surface area (Å²) in [6, 6.07) is 18.2. The van der Waals surface area contributed by atoms with Crippen LogP contribution in [0, 0.1) is 13.8 Å². The van der Waals surface area contributed by atoms with E-state index in [1.54, 1.807) is 34.9 Å². The van der Waals surface area contributed by atoms with Crippen LogP contribution in [0.4, 0.5) is 0 Å². The largest absolute Gasteiger partial charge is 0.336 e. The number of hydrogen-bond donors (Lipinski definition) is 0. The van der Waals surface area contributed by atoms with Crippen molar-refractivity contribution in [1.29, 1.82) is 0 Å². The molecule has 0 radical (unpaired) electrons. The molecule has 32 heavy (non-hydrogen) atoms. The predicted octanol–water partition coefficient (Wildman–Crippen LogP) is 5.17. The lowest BCUT2D eigenvalue weighted by atomic mass is 10.1. The van der Waals surface area contributed by atoms with Gasteiger partial charge in [0.2, 0.25) is 0 Å². The molecule has 6 heteroatoms. The number of halogens is 1. The zero-order valence-corrected chi connectivity index (χ0v) is 19.8. The number of nitrogens with zero attached hydrogens (tertiary/aromatic N) is 2. The highest BCUT2D eigenvalue weighted by Gasteiger charge is 2.18. The van der Waals surface area contributed by atoms with E-state index in [4.69, 9.17) is 0 Å². The summed E-state index contributed by atoms with van der Waals surface area (Å²) in [4.78, 5) is 39.0. The molecular weight excluding hydrogens is 468 g/mol. The highest BCUT2D eigenvalue weighted by atomic mass is 79.9. The topological polar surface area (TPSA) is 61.1 Å². The van der Waals surface area contributed by atoms with Gasteiger partial charge in [0.1, 0.15) is 0 Å². The lowest BCUT2D eigenvalue weighted by molar-refractivity contribution is 0.0988. The Labute approximate surface area is 194 Å². The molecule has 0 aliphatic rings. The first-order valence-electron chi connectivity index (χ1n) is 10.5. The maximum atomic E-state index is 13.7. The van der Waals surface area contributed by atoms with Gasteiger partial charge in [0, 0.05) is 16.5 Å². The number of Topliss-reactive ketones (excluding diaryl/α,β-unsaturated/α-hetero) is 1. The van der Waals surface area contributed by atoms with Crippen LogP contribution < -0.4 is 11.2 Å². The first kappa shape index (κ1) is 22.0. The van der Waals surface area contributed by atoms with Crippen LogP contribution in [-0.2, 0) is 6.54 Å². The first-order chi connectivity index (χ1) is 15.3. The monoisotopic (exact) mass is 490 g/mol. The standard InChI is InChI=1S/C26H23BrN2O3/c1-4-23(30)19-11-9-18(10-12-19)15-28-22-8-6-5-7-21(22)25(31)29(26(28)32)24-16(2)13-20(27)14-17(24)3/h5-14H,4,15H2,1-3H3. The fraction of sp³-hybridized carbons (Fsp3) is 0.192. The smallest absolute Gasteiger partial charge is 0.294 e. The predicted molar refractivity (Wildman–Crippen MR) is 131 cm³/mol. The summed E-state index contributed by atoms with van der Waals surface area (Å²) in [5.74, 6) is 0.0777. The number of ketones is 1. The third kappa shape index (κ3) is 3.86. The van der Waals surface area contributed by atoms with E-state index in [2.05, 4.69) is 15.9 Å². The van der Waals surface area contributed by atoms with Crippen molar-refractivity contribution >= 4 is 32.6 Å². The third-order valence-electron chi connectivity index (χ3n) is 5.67. The molecule has 1 aromatic heterocycles. The molecule has 0 aliphatic heterocycles. The van der Waals surface area contributed by atoms with Crippen molar-refractivity contribution in [3.63, 3.8) is 0 Å². The Morgan fingerprint density at radius 2 is 1.56 bits per heavy atom. The van der Waals surface area contributed by atoms with Gasteiger partial charge in [-0.15, -0.1) is 0 Å². The van der Waals surface area contributed by atoms with Gasteiger partial charge in [0.25, 0.3) is 5.56 Å². The third-order valence-corrected chi connectivity index (χ3v) is 6.13. The fourth-order valence-electron chi connectivity index (χ4n) is 4.11. The van der Waals surface area contributed by atoms with Crippen molar-refractivity contribution in [2.24, 2.45) is 0 Å². The summed E-state index contributed by atoms with van der Waals surface area (Å²) in [5.41, 5.74) is 3.65. The lowest BCUT2D eigenvalue weighted by Crippen LogP contribution is -2.40. The second kappa shape index (κ2) is 8.71. The molecule has 0 spiro atoms. The molecule has 1 heterocycles. The van der Waals surface area contributed by atoms with Gasteiger partial charge < -0.3 is 0 Å². The molecule has 162 valence electrons. The number of hydrogen-bond acceptors (Lipinski definition) is 3. The number of rotatable bonds is 5. The Morgan fingerprint density at radius 1 is 0.938 bits per heavy atom. The molecule has 4 rings (SSSR count). The summed E-state index contributed by atoms with van der Waals surface area (Å²) in [7, 11) is 0. The number of para-hydroxylation sites is 1. The van der Waals surface area contributed by atoms with Crippen molar-refractivity contribution in [1.82, 2.24) is 9.13 Å². The fourth-order valence-corrected chi connectivity index (χ4v) is 4.80. The van der Waals surface area contributed by atoms with Gasteiger partial charge in [0.05, 0.1) is 23.1 Å². The summed E-state index contributed by atoms with van der Waals surface area (Å²) in [6.45, 7) is 5.90. The second-order valence-electron chi connectivity index (χ2n) is 7.89. The Balaban J connectivity index is 1.95.